The molecule has 0 radical (unpaired) electrons. The summed E-state index contributed by atoms with van der Waals surface area (Å²) in [7, 11) is 3.36. The quantitative estimate of drug-likeness (QED) is 0.416. The van der Waals surface area contributed by atoms with E-state index in [0.29, 0.717) is 5.95 Å². The summed E-state index contributed by atoms with van der Waals surface area (Å²) < 4.78 is 0. The molecule has 1 aromatic heterocycles. The highest BCUT2D eigenvalue weighted by molar-refractivity contribution is 5.90. The molecule has 1 aromatic carbocycles. The third kappa shape index (κ3) is 6.27. The van der Waals surface area contributed by atoms with Gasteiger partial charge in [0.15, 0.2) is 5.96 Å². The summed E-state index contributed by atoms with van der Waals surface area (Å²) in [6, 6.07) is 6.92. The highest BCUT2D eigenvalue weighted by Gasteiger charge is 2.06. The van der Waals surface area contributed by atoms with Crippen LogP contribution in [0.2, 0.25) is 0 Å². The number of benzene rings is 1. The van der Waals surface area contributed by atoms with Gasteiger partial charge in [-0.3, -0.25) is 4.79 Å². The van der Waals surface area contributed by atoms with Gasteiger partial charge < -0.3 is 27.0 Å². The molecule has 2 rings (SSSR count). The minimum Gasteiger partial charge on any atom is -0.370 e. The number of amides is 3. The molecule has 0 aliphatic heterocycles. The fraction of sp³-hybridized carbons (Fsp3) is 0.235. The van der Waals surface area contributed by atoms with E-state index in [1.54, 1.807) is 26.5 Å². The van der Waals surface area contributed by atoms with Gasteiger partial charge in [0.25, 0.3) is 0 Å². The number of carbonyl (C=O) groups excluding carboxylic acids is 2. The average molecular weight is 370 g/mol. The van der Waals surface area contributed by atoms with E-state index >= 15 is 0 Å². The van der Waals surface area contributed by atoms with Crippen LogP contribution in [-0.4, -0.2) is 53.4 Å². The van der Waals surface area contributed by atoms with E-state index in [0.717, 1.165) is 16.7 Å². The van der Waals surface area contributed by atoms with Gasteiger partial charge in [-0.2, -0.15) is 4.99 Å². The monoisotopic (exact) mass is 370 g/mol. The Balaban J connectivity index is 2.00. The number of rotatable bonds is 6. The van der Waals surface area contributed by atoms with Crippen molar-refractivity contribution in [2.24, 2.45) is 16.5 Å². The van der Waals surface area contributed by atoms with E-state index in [1.165, 1.54) is 4.90 Å². The zero-order chi connectivity index (χ0) is 19.8. The molecular formula is C17H22N8O2. The van der Waals surface area contributed by atoms with Crippen molar-refractivity contribution in [3.8, 4) is 11.1 Å². The van der Waals surface area contributed by atoms with E-state index in [1.807, 2.05) is 24.3 Å². The Morgan fingerprint density at radius 3 is 2.48 bits per heavy atom. The second-order valence-corrected chi connectivity index (χ2v) is 5.83. The zero-order valence-electron chi connectivity index (χ0n) is 15.1. The van der Waals surface area contributed by atoms with Crippen LogP contribution in [0.1, 0.15) is 5.56 Å². The van der Waals surface area contributed by atoms with E-state index < -0.39 is 6.03 Å². The van der Waals surface area contributed by atoms with E-state index in [-0.39, 0.29) is 25.0 Å². The molecule has 142 valence electrons. The third-order valence-electron chi connectivity index (χ3n) is 3.48. The van der Waals surface area contributed by atoms with Crippen molar-refractivity contribution in [1.29, 1.82) is 0 Å². The molecule has 0 aliphatic rings. The van der Waals surface area contributed by atoms with Gasteiger partial charge in [-0.25, -0.2) is 14.8 Å². The van der Waals surface area contributed by atoms with Gasteiger partial charge in [0.2, 0.25) is 11.9 Å². The SMILES string of the molecule is CN(C)C(=O)CNc1ncc(-c2cccc(CNC(=O)N=C(N)N)c2)cn1. The molecule has 6 N–H and O–H groups in total. The van der Waals surface area contributed by atoms with Gasteiger partial charge in [-0.05, 0) is 17.2 Å². The first-order valence-electron chi connectivity index (χ1n) is 8.08. The topological polar surface area (TPSA) is 152 Å². The number of nitrogens with one attached hydrogen (secondary N) is 2. The normalized spacial score (nSPS) is 10.0. The van der Waals surface area contributed by atoms with Crippen LogP contribution in [-0.2, 0) is 11.3 Å². The molecule has 10 nitrogen and oxygen atoms in total. The van der Waals surface area contributed by atoms with Gasteiger partial charge in [-0.1, -0.05) is 18.2 Å². The van der Waals surface area contributed by atoms with Gasteiger partial charge in [0, 0.05) is 38.6 Å². The molecule has 0 spiro atoms. The minimum absolute atomic E-state index is 0.0712. The summed E-state index contributed by atoms with van der Waals surface area (Å²) in [4.78, 5) is 36.3. The van der Waals surface area contributed by atoms with Crippen LogP contribution in [0.15, 0.2) is 41.7 Å². The summed E-state index contributed by atoms with van der Waals surface area (Å²) in [5.41, 5.74) is 12.9. The summed E-state index contributed by atoms with van der Waals surface area (Å²) in [6.07, 6.45) is 3.32. The lowest BCUT2D eigenvalue weighted by atomic mass is 10.1. The Kier molecular flexibility index (Phi) is 6.64. The van der Waals surface area contributed by atoms with Crippen molar-refractivity contribution in [2.75, 3.05) is 26.0 Å². The Morgan fingerprint density at radius 1 is 1.15 bits per heavy atom. The number of nitrogens with zero attached hydrogens (tertiary/aromatic N) is 4. The average Bonchev–Trinajstić information content (AvgIpc) is 2.64. The molecule has 2 aromatic rings. The number of hydrogen-bond donors (Lipinski definition) is 4. The number of anilines is 1. The van der Waals surface area contributed by atoms with Gasteiger partial charge in [-0.15, -0.1) is 0 Å². The lowest BCUT2D eigenvalue weighted by Crippen LogP contribution is -2.29. The number of nitrogens with two attached hydrogens (primary N) is 2. The molecule has 0 saturated carbocycles. The van der Waals surface area contributed by atoms with Gasteiger partial charge >= 0.3 is 6.03 Å². The van der Waals surface area contributed by atoms with Crippen LogP contribution in [0.3, 0.4) is 0 Å². The van der Waals surface area contributed by atoms with Crippen LogP contribution in [0.25, 0.3) is 11.1 Å². The van der Waals surface area contributed by atoms with Crippen molar-refractivity contribution < 1.29 is 9.59 Å². The fourth-order valence-corrected chi connectivity index (χ4v) is 2.08. The van der Waals surface area contributed by atoms with Gasteiger partial charge in [0.1, 0.15) is 0 Å². The van der Waals surface area contributed by atoms with E-state index in [4.69, 9.17) is 11.5 Å². The molecule has 0 fully saturated rings. The minimum atomic E-state index is -0.605. The highest BCUT2D eigenvalue weighted by atomic mass is 16.2. The first kappa shape index (κ1) is 19.6. The van der Waals surface area contributed by atoms with Gasteiger partial charge in [0.05, 0.1) is 6.54 Å². The van der Waals surface area contributed by atoms with E-state index in [9.17, 15) is 9.59 Å². The number of urea groups is 1. The van der Waals surface area contributed by atoms with Crippen molar-refractivity contribution in [3.63, 3.8) is 0 Å². The first-order valence-corrected chi connectivity index (χ1v) is 8.08. The second kappa shape index (κ2) is 9.13. The number of likely N-dealkylation sites (N-methyl/N-ethyl adjacent to an activating group) is 1. The summed E-state index contributed by atoms with van der Waals surface area (Å²) >= 11 is 0. The number of aliphatic imine (C=N–C) groups is 1. The number of guanidine groups is 1. The predicted octanol–water partition coefficient (Wildman–Crippen LogP) is 0.127. The Morgan fingerprint density at radius 2 is 1.85 bits per heavy atom. The Labute approximate surface area is 156 Å². The summed E-state index contributed by atoms with van der Waals surface area (Å²) in [5, 5.41) is 5.46. The maximum Gasteiger partial charge on any atom is 0.344 e. The van der Waals surface area contributed by atoms with Crippen molar-refractivity contribution >= 4 is 23.8 Å². The molecular weight excluding hydrogens is 348 g/mol. The number of aromatic nitrogens is 2. The zero-order valence-corrected chi connectivity index (χ0v) is 15.1. The standard InChI is InChI=1S/C17H22N8O2/c1-25(2)14(26)10-22-16-20-8-13(9-21-16)12-5-3-4-11(6-12)7-23-17(27)24-15(18)19/h3-6,8-9H,7,10H2,1-2H3,(H,20,21,22)(H5,18,19,23,24,27). The first-order chi connectivity index (χ1) is 12.8. The molecule has 0 unspecified atom stereocenters. The van der Waals surface area contributed by atoms with Crippen LogP contribution in [0.4, 0.5) is 10.7 Å². The molecule has 0 saturated heterocycles. The lowest BCUT2D eigenvalue weighted by Gasteiger charge is -2.11. The Bertz CT molecular complexity index is 829. The van der Waals surface area contributed by atoms with E-state index in [2.05, 4.69) is 25.6 Å². The lowest BCUT2D eigenvalue weighted by molar-refractivity contribution is -0.126. The fourth-order valence-electron chi connectivity index (χ4n) is 2.08. The molecule has 0 aliphatic carbocycles. The maximum absolute atomic E-state index is 11.6. The highest BCUT2D eigenvalue weighted by Crippen LogP contribution is 2.19. The smallest absolute Gasteiger partial charge is 0.344 e. The van der Waals surface area contributed by atoms with Crippen LogP contribution in [0.5, 0.6) is 0 Å². The number of carbonyl (C=O) groups is 2. The van der Waals surface area contributed by atoms with Crippen molar-refractivity contribution in [1.82, 2.24) is 20.2 Å². The molecule has 0 bridgehead atoms. The third-order valence-corrected chi connectivity index (χ3v) is 3.48. The molecule has 10 heteroatoms. The summed E-state index contributed by atoms with van der Waals surface area (Å²) in [6.45, 7) is 0.397. The molecule has 1 heterocycles. The maximum atomic E-state index is 11.6. The van der Waals surface area contributed by atoms with Crippen LogP contribution < -0.4 is 22.1 Å². The van der Waals surface area contributed by atoms with Crippen LogP contribution >= 0.6 is 0 Å². The Hall–Kier alpha value is -3.69. The molecule has 0 atom stereocenters. The second-order valence-electron chi connectivity index (χ2n) is 5.83. The number of hydrogen-bond acceptors (Lipinski definition) is 5. The largest absolute Gasteiger partial charge is 0.370 e. The molecule has 27 heavy (non-hydrogen) atoms. The molecule has 3 amide bonds. The predicted molar refractivity (Wildman–Crippen MR) is 103 cm³/mol. The van der Waals surface area contributed by atoms with Crippen molar-refractivity contribution in [2.45, 2.75) is 6.54 Å². The van der Waals surface area contributed by atoms with Crippen LogP contribution in [0, 0.1) is 0 Å². The van der Waals surface area contributed by atoms with Crippen molar-refractivity contribution in [3.05, 3.63) is 42.2 Å². The summed E-state index contributed by atoms with van der Waals surface area (Å²) in [5.74, 6) is 0.00661.